The Kier molecular flexibility index (Phi) is 6.68. The van der Waals surface area contributed by atoms with Crippen molar-refractivity contribution in [3.8, 4) is 0 Å². The molecule has 2 nitrogen and oxygen atoms in total. The molecule has 2 aliphatic rings. The molecule has 2 bridgehead atoms. The van der Waals surface area contributed by atoms with Crippen molar-refractivity contribution < 1.29 is 0 Å². The Bertz CT molecular complexity index is 1060. The van der Waals surface area contributed by atoms with Crippen molar-refractivity contribution in [1.29, 1.82) is 0 Å². The lowest BCUT2D eigenvalue weighted by Gasteiger charge is -2.18. The molecule has 0 unspecified atom stereocenters. The van der Waals surface area contributed by atoms with Crippen molar-refractivity contribution in [2.75, 3.05) is 13.1 Å². The summed E-state index contributed by atoms with van der Waals surface area (Å²) in [5.74, 6) is 0. The Morgan fingerprint density at radius 1 is 0.548 bits per heavy atom. The zero-order chi connectivity index (χ0) is 21.5. The van der Waals surface area contributed by atoms with E-state index in [4.69, 9.17) is 0 Å². The van der Waals surface area contributed by atoms with Gasteiger partial charge in [-0.25, -0.2) is 0 Å². The van der Waals surface area contributed by atoms with Gasteiger partial charge in [-0.15, -0.1) is 0 Å². The molecule has 0 spiro atoms. The molecular formula is C29H28N2. The number of nitrogens with zero attached hydrogens (tertiary/aromatic N) is 2. The average Bonchev–Trinajstić information content (AvgIpc) is 2.82. The fourth-order valence-corrected chi connectivity index (χ4v) is 3.98. The first-order valence-corrected chi connectivity index (χ1v) is 10.9. The van der Waals surface area contributed by atoms with Gasteiger partial charge < -0.3 is 0 Å². The number of rotatable bonds is 2. The van der Waals surface area contributed by atoms with E-state index >= 15 is 0 Å². The van der Waals surface area contributed by atoms with Gasteiger partial charge in [-0.1, -0.05) is 72.8 Å². The Morgan fingerprint density at radius 2 is 0.968 bits per heavy atom. The predicted molar refractivity (Wildman–Crippen MR) is 134 cm³/mol. The monoisotopic (exact) mass is 404 g/mol. The molecule has 0 amide bonds. The van der Waals surface area contributed by atoms with Gasteiger partial charge in [-0.05, 0) is 76.9 Å². The van der Waals surface area contributed by atoms with E-state index in [1.165, 1.54) is 44.5 Å². The molecule has 3 aromatic carbocycles. The van der Waals surface area contributed by atoms with Crippen molar-refractivity contribution in [2.45, 2.75) is 20.3 Å². The van der Waals surface area contributed by atoms with E-state index in [0.717, 1.165) is 19.5 Å². The van der Waals surface area contributed by atoms with E-state index in [1.54, 1.807) is 0 Å². The van der Waals surface area contributed by atoms with Crippen molar-refractivity contribution in [3.63, 3.8) is 0 Å². The molecule has 0 N–H and O–H groups in total. The molecule has 2 heteroatoms. The smallest absolute Gasteiger partial charge is 0.0406 e. The highest BCUT2D eigenvalue weighted by molar-refractivity contribution is 5.95. The maximum Gasteiger partial charge on any atom is 0.0406 e. The van der Waals surface area contributed by atoms with E-state index in [0.29, 0.717) is 0 Å². The van der Waals surface area contributed by atoms with Gasteiger partial charge in [-0.2, -0.15) is 0 Å². The Hall–Kier alpha value is -3.52. The summed E-state index contributed by atoms with van der Waals surface area (Å²) in [4.78, 5) is 9.19. The third kappa shape index (κ3) is 4.80. The van der Waals surface area contributed by atoms with Gasteiger partial charge in [0.2, 0.25) is 0 Å². The van der Waals surface area contributed by atoms with Gasteiger partial charge in [0.1, 0.15) is 0 Å². The summed E-state index contributed by atoms with van der Waals surface area (Å²) in [6.45, 7) is 6.00. The minimum atomic E-state index is 0.779. The van der Waals surface area contributed by atoms with Crippen LogP contribution in [0.25, 0.3) is 11.1 Å². The highest BCUT2D eigenvalue weighted by atomic mass is 14.7. The molecule has 0 aliphatic carbocycles. The fourth-order valence-electron chi connectivity index (χ4n) is 3.98. The van der Waals surface area contributed by atoms with Crippen LogP contribution in [0.15, 0.2) is 94.9 Å². The molecule has 0 aromatic heterocycles. The van der Waals surface area contributed by atoms with Crippen LogP contribution in [0.4, 0.5) is 0 Å². The second-order valence-corrected chi connectivity index (χ2v) is 7.77. The summed E-state index contributed by atoms with van der Waals surface area (Å²) in [7, 11) is 0. The molecule has 154 valence electrons. The lowest BCUT2D eigenvalue weighted by Crippen LogP contribution is -2.00. The van der Waals surface area contributed by atoms with Crippen molar-refractivity contribution in [2.24, 2.45) is 9.98 Å². The van der Waals surface area contributed by atoms with Gasteiger partial charge in [0, 0.05) is 25.5 Å². The lowest BCUT2D eigenvalue weighted by molar-refractivity contribution is 0.851. The first-order chi connectivity index (χ1) is 15.3. The number of benzene rings is 3. The Labute approximate surface area is 185 Å². The van der Waals surface area contributed by atoms with E-state index in [-0.39, 0.29) is 0 Å². The van der Waals surface area contributed by atoms with Crippen LogP contribution in [0.2, 0.25) is 0 Å². The average molecular weight is 405 g/mol. The van der Waals surface area contributed by atoms with E-state index in [9.17, 15) is 0 Å². The number of hydrogen-bond acceptors (Lipinski definition) is 2. The van der Waals surface area contributed by atoms with E-state index in [2.05, 4.69) is 109 Å². The second kappa shape index (κ2) is 9.99. The molecule has 2 heterocycles. The SMILES string of the molecule is Cc1c2ccc(c1C)/C(c1ccccc1)=C\C=NCCCN=CC=C2c1ccccc1. The van der Waals surface area contributed by atoms with Crippen LogP contribution in [0, 0.1) is 13.8 Å². The third-order valence-corrected chi connectivity index (χ3v) is 5.80. The van der Waals surface area contributed by atoms with Crippen LogP contribution in [0.1, 0.15) is 39.8 Å². The quantitative estimate of drug-likeness (QED) is 0.453. The molecule has 0 atom stereocenters. The Balaban J connectivity index is 1.91. The largest absolute Gasteiger partial charge is 0.293 e. The predicted octanol–water partition coefficient (Wildman–Crippen LogP) is 6.71. The van der Waals surface area contributed by atoms with Crippen molar-refractivity contribution in [3.05, 3.63) is 118 Å². The molecule has 0 saturated carbocycles. The molecular weight excluding hydrogens is 376 g/mol. The first-order valence-electron chi connectivity index (χ1n) is 10.9. The standard InChI is InChI=1S/C29H28N2/c1-22-23(2)27-15-14-26(22)28(24-10-5-3-6-11-24)16-20-30-18-9-19-31-21-17-29(27)25-12-7-4-8-13-25/h3-8,10-17,20-21H,9,18-19H2,1-2H3/b28-16-,29-17?,30-20?,31-21?. The fraction of sp³-hybridized carbons (Fsp3) is 0.172. The molecule has 3 aromatic rings. The van der Waals surface area contributed by atoms with Gasteiger partial charge in [-0.3, -0.25) is 9.98 Å². The number of fused-ring (bicyclic) bond motifs is 8. The maximum atomic E-state index is 4.60. The molecule has 0 fully saturated rings. The van der Waals surface area contributed by atoms with Gasteiger partial charge >= 0.3 is 0 Å². The summed E-state index contributed by atoms with van der Waals surface area (Å²) in [6.07, 6.45) is 9.13. The zero-order valence-electron chi connectivity index (χ0n) is 18.3. The summed E-state index contributed by atoms with van der Waals surface area (Å²) >= 11 is 0. The van der Waals surface area contributed by atoms with Crippen LogP contribution in [0.3, 0.4) is 0 Å². The van der Waals surface area contributed by atoms with Crippen LogP contribution in [-0.2, 0) is 0 Å². The second-order valence-electron chi connectivity index (χ2n) is 7.77. The Morgan fingerprint density at radius 3 is 1.39 bits per heavy atom. The topological polar surface area (TPSA) is 24.7 Å². The molecule has 2 aliphatic heterocycles. The molecule has 0 saturated heterocycles. The van der Waals surface area contributed by atoms with Crippen LogP contribution < -0.4 is 0 Å². The molecule has 5 rings (SSSR count). The highest BCUT2D eigenvalue weighted by Gasteiger charge is 2.14. The van der Waals surface area contributed by atoms with Crippen molar-refractivity contribution in [1.82, 2.24) is 0 Å². The number of hydrogen-bond donors (Lipinski definition) is 0. The van der Waals surface area contributed by atoms with E-state index in [1.807, 2.05) is 12.4 Å². The lowest BCUT2D eigenvalue weighted by atomic mass is 9.86. The molecule has 0 radical (unpaired) electrons. The van der Waals surface area contributed by atoms with Crippen LogP contribution in [-0.4, -0.2) is 25.5 Å². The summed E-state index contributed by atoms with van der Waals surface area (Å²) in [5.41, 5.74) is 9.88. The molecule has 31 heavy (non-hydrogen) atoms. The third-order valence-electron chi connectivity index (χ3n) is 5.80. The normalized spacial score (nSPS) is 16.2. The van der Waals surface area contributed by atoms with Crippen LogP contribution in [0.5, 0.6) is 0 Å². The minimum Gasteiger partial charge on any atom is -0.293 e. The van der Waals surface area contributed by atoms with Gasteiger partial charge in [0.05, 0.1) is 0 Å². The summed E-state index contributed by atoms with van der Waals surface area (Å²) in [5, 5.41) is 0. The maximum absolute atomic E-state index is 4.60. The van der Waals surface area contributed by atoms with Crippen LogP contribution >= 0.6 is 0 Å². The first kappa shape index (κ1) is 20.7. The number of aliphatic imine (C=N–C) groups is 2. The van der Waals surface area contributed by atoms with Gasteiger partial charge in [0.25, 0.3) is 0 Å². The highest BCUT2D eigenvalue weighted by Crippen LogP contribution is 2.33. The summed E-state index contributed by atoms with van der Waals surface area (Å²) < 4.78 is 0. The van der Waals surface area contributed by atoms with Crippen molar-refractivity contribution >= 4 is 23.6 Å². The number of allylic oxidation sites excluding steroid dienone is 2. The van der Waals surface area contributed by atoms with Gasteiger partial charge in [0.15, 0.2) is 0 Å². The zero-order valence-corrected chi connectivity index (χ0v) is 18.3. The summed E-state index contributed by atoms with van der Waals surface area (Å²) in [6, 6.07) is 25.6. The minimum absolute atomic E-state index is 0.779. The van der Waals surface area contributed by atoms with E-state index < -0.39 is 0 Å².